The van der Waals surface area contributed by atoms with E-state index in [9.17, 15) is 18.0 Å². The molecule has 0 aliphatic heterocycles. The second-order valence-electron chi connectivity index (χ2n) is 2.84. The zero-order valence-corrected chi connectivity index (χ0v) is 10.1. The molecule has 0 amide bonds. The first-order valence-corrected chi connectivity index (χ1v) is 5.38. The smallest absolute Gasteiger partial charge is 0.491 e. The van der Waals surface area contributed by atoms with Gasteiger partial charge in [0, 0.05) is 5.33 Å². The Morgan fingerprint density at radius 1 is 1.53 bits per heavy atom. The first-order chi connectivity index (χ1) is 7.91. The number of carbonyl (C=O) groups is 1. The molecule has 1 rings (SSSR count). The van der Waals surface area contributed by atoms with Gasteiger partial charge in [0.05, 0.1) is 18.4 Å². The lowest BCUT2D eigenvalue weighted by Gasteiger charge is -2.13. The van der Waals surface area contributed by atoms with Crippen LogP contribution in [0.5, 0.6) is 11.6 Å². The summed E-state index contributed by atoms with van der Waals surface area (Å²) < 4.78 is 44.7. The fraction of sp³-hybridized carbons (Fsp3) is 0.333. The molecule has 4 nitrogen and oxygen atoms in total. The standard InChI is InChI=1S/C9H7BrF3NO3/c1-16-7-5(4-15)2-6(3-10)14-8(7)17-9(11,12)13/h2,4H,3H2,1H3. The molecule has 94 valence electrons. The molecule has 1 aromatic rings. The third kappa shape index (κ3) is 3.58. The number of ether oxygens (including phenoxy) is 2. The maximum atomic E-state index is 12.1. The third-order valence-electron chi connectivity index (χ3n) is 1.70. The van der Waals surface area contributed by atoms with Crippen LogP contribution in [0.2, 0.25) is 0 Å². The van der Waals surface area contributed by atoms with Gasteiger partial charge >= 0.3 is 6.36 Å². The predicted molar refractivity (Wildman–Crippen MR) is 55.5 cm³/mol. The Bertz CT molecular complexity index is 423. The summed E-state index contributed by atoms with van der Waals surface area (Å²) in [5.41, 5.74) is 0.170. The number of pyridine rings is 1. The molecule has 0 atom stereocenters. The van der Waals surface area contributed by atoms with Gasteiger partial charge in [0.15, 0.2) is 12.0 Å². The maximum absolute atomic E-state index is 12.1. The van der Waals surface area contributed by atoms with Crippen molar-refractivity contribution in [2.45, 2.75) is 11.7 Å². The van der Waals surface area contributed by atoms with Crippen molar-refractivity contribution in [1.29, 1.82) is 0 Å². The Morgan fingerprint density at radius 2 is 2.18 bits per heavy atom. The molecule has 0 bridgehead atoms. The first-order valence-electron chi connectivity index (χ1n) is 4.26. The minimum absolute atomic E-state index is 0.0591. The monoisotopic (exact) mass is 313 g/mol. The topological polar surface area (TPSA) is 48.4 Å². The first kappa shape index (κ1) is 13.8. The predicted octanol–water partition coefficient (Wildman–Crippen LogP) is 2.70. The molecule has 0 spiro atoms. The van der Waals surface area contributed by atoms with Gasteiger partial charge in [-0.25, -0.2) is 4.98 Å². The van der Waals surface area contributed by atoms with Crippen LogP contribution in [-0.2, 0) is 5.33 Å². The summed E-state index contributed by atoms with van der Waals surface area (Å²) in [5, 5.41) is 0.187. The summed E-state index contributed by atoms with van der Waals surface area (Å²) in [5.74, 6) is -1.12. The van der Waals surface area contributed by atoms with Gasteiger partial charge in [-0.3, -0.25) is 4.79 Å². The number of methoxy groups -OCH3 is 1. The largest absolute Gasteiger partial charge is 0.574 e. The number of carbonyl (C=O) groups excluding carboxylic acids is 1. The van der Waals surface area contributed by atoms with E-state index in [0.29, 0.717) is 6.29 Å². The van der Waals surface area contributed by atoms with E-state index in [1.807, 2.05) is 0 Å². The normalized spacial score (nSPS) is 11.1. The average molecular weight is 314 g/mol. The molecule has 0 radical (unpaired) electrons. The number of nitrogens with zero attached hydrogens (tertiary/aromatic N) is 1. The molecule has 0 fully saturated rings. The van der Waals surface area contributed by atoms with Crippen molar-refractivity contribution >= 4 is 22.2 Å². The van der Waals surface area contributed by atoms with E-state index >= 15 is 0 Å². The molecule has 0 unspecified atom stereocenters. The van der Waals surface area contributed by atoms with E-state index in [-0.39, 0.29) is 22.3 Å². The van der Waals surface area contributed by atoms with E-state index in [1.165, 1.54) is 6.07 Å². The van der Waals surface area contributed by atoms with Crippen LogP contribution in [0.3, 0.4) is 0 Å². The lowest BCUT2D eigenvalue weighted by atomic mass is 10.2. The van der Waals surface area contributed by atoms with Crippen LogP contribution in [0.4, 0.5) is 13.2 Å². The molecular formula is C9H7BrF3NO3. The minimum atomic E-state index is -4.90. The number of aldehydes is 1. The molecule has 0 saturated heterocycles. The molecule has 0 aromatic carbocycles. The minimum Gasteiger partial charge on any atom is -0.491 e. The summed E-state index contributed by atoms with van der Waals surface area (Å²) in [6, 6.07) is 1.31. The Morgan fingerprint density at radius 3 is 2.59 bits per heavy atom. The molecule has 1 heterocycles. The van der Waals surface area contributed by atoms with Crippen molar-refractivity contribution < 1.29 is 27.4 Å². The molecule has 0 N–H and O–H groups in total. The second kappa shape index (κ2) is 5.35. The Kier molecular flexibility index (Phi) is 4.33. The highest BCUT2D eigenvalue weighted by Gasteiger charge is 2.34. The van der Waals surface area contributed by atoms with Crippen LogP contribution < -0.4 is 9.47 Å². The third-order valence-corrected chi connectivity index (χ3v) is 2.28. The SMILES string of the molecule is COc1c(C=O)cc(CBr)nc1OC(F)(F)F. The second-order valence-corrected chi connectivity index (χ2v) is 3.40. The summed E-state index contributed by atoms with van der Waals surface area (Å²) in [6.07, 6.45) is -4.53. The lowest BCUT2D eigenvalue weighted by molar-refractivity contribution is -0.276. The van der Waals surface area contributed by atoms with Gasteiger partial charge in [-0.2, -0.15) is 0 Å². The van der Waals surface area contributed by atoms with E-state index in [2.05, 4.69) is 30.4 Å². The zero-order chi connectivity index (χ0) is 13.1. The zero-order valence-electron chi connectivity index (χ0n) is 8.55. The molecule has 0 aliphatic rings. The molecule has 8 heteroatoms. The van der Waals surface area contributed by atoms with Gasteiger partial charge in [0.2, 0.25) is 0 Å². The number of alkyl halides is 4. The van der Waals surface area contributed by atoms with Crippen LogP contribution in [-0.4, -0.2) is 24.7 Å². The Labute approximate surface area is 103 Å². The van der Waals surface area contributed by atoms with E-state index in [0.717, 1.165) is 7.11 Å². The quantitative estimate of drug-likeness (QED) is 0.633. The van der Waals surface area contributed by atoms with Crippen molar-refractivity contribution in [3.05, 3.63) is 17.3 Å². The lowest BCUT2D eigenvalue weighted by Crippen LogP contribution is -2.19. The van der Waals surface area contributed by atoms with Gasteiger partial charge < -0.3 is 9.47 Å². The highest BCUT2D eigenvalue weighted by atomic mass is 79.9. The number of halogens is 4. The number of aromatic nitrogens is 1. The van der Waals surface area contributed by atoms with Crippen LogP contribution >= 0.6 is 15.9 Å². The van der Waals surface area contributed by atoms with Gasteiger partial charge in [0.25, 0.3) is 5.88 Å². The fourth-order valence-corrected chi connectivity index (χ4v) is 1.41. The summed E-state index contributed by atoms with van der Waals surface area (Å²) in [7, 11) is 1.13. The number of rotatable bonds is 4. The van der Waals surface area contributed by atoms with Gasteiger partial charge in [-0.15, -0.1) is 13.2 Å². The molecule has 17 heavy (non-hydrogen) atoms. The molecule has 0 aliphatic carbocycles. The highest BCUT2D eigenvalue weighted by molar-refractivity contribution is 9.08. The Balaban J connectivity index is 3.29. The van der Waals surface area contributed by atoms with Crippen LogP contribution in [0, 0.1) is 0 Å². The van der Waals surface area contributed by atoms with Crippen LogP contribution in [0.25, 0.3) is 0 Å². The van der Waals surface area contributed by atoms with Crippen molar-refractivity contribution in [2.75, 3.05) is 7.11 Å². The van der Waals surface area contributed by atoms with Crippen molar-refractivity contribution in [1.82, 2.24) is 4.98 Å². The highest BCUT2D eigenvalue weighted by Crippen LogP contribution is 2.33. The van der Waals surface area contributed by atoms with Gasteiger partial charge in [-0.05, 0) is 6.07 Å². The molecular weight excluding hydrogens is 307 g/mol. The summed E-state index contributed by atoms with van der Waals surface area (Å²) in [6.45, 7) is 0. The fourth-order valence-electron chi connectivity index (χ4n) is 1.12. The molecule has 1 aromatic heterocycles. The Hall–Kier alpha value is -1.31. The van der Waals surface area contributed by atoms with Gasteiger partial charge in [0.1, 0.15) is 0 Å². The van der Waals surface area contributed by atoms with Crippen molar-refractivity contribution in [3.8, 4) is 11.6 Å². The summed E-state index contributed by atoms with van der Waals surface area (Å²) >= 11 is 3.03. The maximum Gasteiger partial charge on any atom is 0.574 e. The summed E-state index contributed by atoms with van der Waals surface area (Å²) in [4.78, 5) is 14.3. The van der Waals surface area contributed by atoms with Crippen molar-refractivity contribution in [2.24, 2.45) is 0 Å². The molecule has 0 saturated carbocycles. The average Bonchev–Trinajstić information content (AvgIpc) is 2.25. The number of hydrogen-bond acceptors (Lipinski definition) is 4. The van der Waals surface area contributed by atoms with E-state index in [1.54, 1.807) is 0 Å². The van der Waals surface area contributed by atoms with Gasteiger partial charge in [-0.1, -0.05) is 15.9 Å². The number of hydrogen-bond donors (Lipinski definition) is 0. The van der Waals surface area contributed by atoms with Crippen molar-refractivity contribution in [3.63, 3.8) is 0 Å². The van der Waals surface area contributed by atoms with E-state index < -0.39 is 12.2 Å². The van der Waals surface area contributed by atoms with E-state index in [4.69, 9.17) is 0 Å². The van der Waals surface area contributed by atoms with Crippen LogP contribution in [0.15, 0.2) is 6.07 Å². The van der Waals surface area contributed by atoms with Crippen LogP contribution in [0.1, 0.15) is 16.1 Å².